The third kappa shape index (κ3) is 6.84. The molecule has 1 N–H and O–H groups in total. The van der Waals surface area contributed by atoms with Gasteiger partial charge in [0, 0.05) is 6.42 Å². The Bertz CT molecular complexity index is 283. The number of aliphatic hydroxyl groups is 1. The van der Waals surface area contributed by atoms with Crippen LogP contribution in [-0.4, -0.2) is 5.11 Å². The molecule has 1 fully saturated rings. The van der Waals surface area contributed by atoms with Crippen molar-refractivity contribution in [2.45, 2.75) is 78.6 Å². The molecule has 0 bridgehead atoms. The van der Waals surface area contributed by atoms with Crippen molar-refractivity contribution in [1.82, 2.24) is 0 Å². The SMILES string of the molecule is CC1CCC(C)CC1.CCCCC1=C(O)CCC=C1. The lowest BCUT2D eigenvalue weighted by molar-refractivity contribution is 0.308. The lowest BCUT2D eigenvalue weighted by Gasteiger charge is -2.22. The van der Waals surface area contributed by atoms with E-state index in [0.29, 0.717) is 5.76 Å². The number of aliphatic hydroxyl groups excluding tert-OH is 1. The van der Waals surface area contributed by atoms with Crippen LogP contribution < -0.4 is 0 Å². The molecule has 0 aromatic carbocycles. The molecular formula is C18H32O. The fraction of sp³-hybridized carbons (Fsp3) is 0.778. The van der Waals surface area contributed by atoms with Gasteiger partial charge in [-0.2, -0.15) is 0 Å². The molecule has 1 saturated carbocycles. The zero-order chi connectivity index (χ0) is 14.1. The predicted octanol–water partition coefficient (Wildman–Crippen LogP) is 6.17. The van der Waals surface area contributed by atoms with Gasteiger partial charge >= 0.3 is 0 Å². The standard InChI is InChI=1S/C10H16O.C8H16/c1-2-3-6-9-7-4-5-8-10(9)11;1-7-3-5-8(2)6-4-7/h4,7,11H,2-3,5-6,8H2,1H3;7-8H,3-6H2,1-2H3. The van der Waals surface area contributed by atoms with Crippen LogP contribution >= 0.6 is 0 Å². The van der Waals surface area contributed by atoms with E-state index in [0.717, 1.165) is 36.7 Å². The molecule has 1 heteroatoms. The van der Waals surface area contributed by atoms with Gasteiger partial charge in [0.1, 0.15) is 0 Å². The summed E-state index contributed by atoms with van der Waals surface area (Å²) in [6.45, 7) is 6.90. The smallest absolute Gasteiger partial charge is 0.0957 e. The highest BCUT2D eigenvalue weighted by atomic mass is 16.3. The van der Waals surface area contributed by atoms with Crippen molar-refractivity contribution in [3.8, 4) is 0 Å². The molecule has 1 nitrogen and oxygen atoms in total. The van der Waals surface area contributed by atoms with Crippen LogP contribution in [0.3, 0.4) is 0 Å². The van der Waals surface area contributed by atoms with Crippen LogP contribution in [0, 0.1) is 11.8 Å². The highest BCUT2D eigenvalue weighted by Crippen LogP contribution is 2.27. The molecule has 0 spiro atoms. The van der Waals surface area contributed by atoms with Gasteiger partial charge in [-0.05, 0) is 36.7 Å². The van der Waals surface area contributed by atoms with E-state index in [1.54, 1.807) is 0 Å². The Morgan fingerprint density at radius 1 is 1.11 bits per heavy atom. The Kier molecular flexibility index (Phi) is 7.93. The Hall–Kier alpha value is -0.720. The maximum absolute atomic E-state index is 9.42. The van der Waals surface area contributed by atoms with E-state index in [4.69, 9.17) is 0 Å². The molecule has 2 rings (SSSR count). The first-order valence-corrected chi connectivity index (χ1v) is 8.21. The molecule has 0 radical (unpaired) electrons. The second kappa shape index (κ2) is 9.23. The van der Waals surface area contributed by atoms with Gasteiger partial charge in [0.05, 0.1) is 5.76 Å². The van der Waals surface area contributed by atoms with Gasteiger partial charge in [0.2, 0.25) is 0 Å². The zero-order valence-electron chi connectivity index (χ0n) is 13.1. The Morgan fingerprint density at radius 3 is 2.16 bits per heavy atom. The molecule has 2 aliphatic carbocycles. The molecule has 0 heterocycles. The second-order valence-electron chi connectivity index (χ2n) is 6.38. The fourth-order valence-corrected chi connectivity index (χ4v) is 2.72. The third-order valence-corrected chi connectivity index (χ3v) is 4.34. The molecular weight excluding hydrogens is 232 g/mol. The minimum atomic E-state index is 0.612. The average molecular weight is 264 g/mol. The summed E-state index contributed by atoms with van der Waals surface area (Å²) in [5.41, 5.74) is 1.15. The summed E-state index contributed by atoms with van der Waals surface area (Å²) in [5.74, 6) is 2.65. The van der Waals surface area contributed by atoms with Crippen molar-refractivity contribution < 1.29 is 5.11 Å². The van der Waals surface area contributed by atoms with Crippen LogP contribution in [0.15, 0.2) is 23.5 Å². The summed E-state index contributed by atoms with van der Waals surface area (Å²) in [4.78, 5) is 0. The highest BCUT2D eigenvalue weighted by Gasteiger charge is 2.13. The second-order valence-corrected chi connectivity index (χ2v) is 6.38. The Balaban J connectivity index is 0.000000200. The first-order chi connectivity index (χ1) is 9.13. The highest BCUT2D eigenvalue weighted by molar-refractivity contribution is 5.25. The zero-order valence-corrected chi connectivity index (χ0v) is 13.1. The number of hydrogen-bond acceptors (Lipinski definition) is 1. The topological polar surface area (TPSA) is 20.2 Å². The van der Waals surface area contributed by atoms with E-state index in [1.807, 2.05) is 0 Å². The molecule has 0 unspecified atom stereocenters. The van der Waals surface area contributed by atoms with E-state index in [2.05, 4.69) is 32.9 Å². The fourth-order valence-electron chi connectivity index (χ4n) is 2.72. The van der Waals surface area contributed by atoms with Gasteiger partial charge < -0.3 is 5.11 Å². The average Bonchev–Trinajstić information content (AvgIpc) is 2.42. The largest absolute Gasteiger partial charge is 0.512 e. The van der Waals surface area contributed by atoms with E-state index in [-0.39, 0.29) is 0 Å². The van der Waals surface area contributed by atoms with Crippen LogP contribution in [0.4, 0.5) is 0 Å². The van der Waals surface area contributed by atoms with Crippen molar-refractivity contribution in [3.05, 3.63) is 23.5 Å². The van der Waals surface area contributed by atoms with Gasteiger partial charge in [0.25, 0.3) is 0 Å². The molecule has 0 amide bonds. The monoisotopic (exact) mass is 264 g/mol. The normalized spacial score (nSPS) is 26.9. The summed E-state index contributed by atoms with van der Waals surface area (Å²) in [6, 6.07) is 0. The molecule has 2 aliphatic rings. The van der Waals surface area contributed by atoms with Gasteiger partial charge in [-0.15, -0.1) is 0 Å². The summed E-state index contributed by atoms with van der Waals surface area (Å²) in [5, 5.41) is 9.42. The van der Waals surface area contributed by atoms with Gasteiger partial charge in [-0.3, -0.25) is 0 Å². The number of allylic oxidation sites excluding steroid dienone is 4. The van der Waals surface area contributed by atoms with Crippen molar-refractivity contribution in [1.29, 1.82) is 0 Å². The molecule has 110 valence electrons. The lowest BCUT2D eigenvalue weighted by atomic mass is 9.84. The van der Waals surface area contributed by atoms with Crippen molar-refractivity contribution in [3.63, 3.8) is 0 Å². The molecule has 19 heavy (non-hydrogen) atoms. The van der Waals surface area contributed by atoms with Crippen LogP contribution in [0.25, 0.3) is 0 Å². The molecule has 0 saturated heterocycles. The number of rotatable bonds is 3. The Morgan fingerprint density at radius 2 is 1.68 bits per heavy atom. The number of hydrogen-bond donors (Lipinski definition) is 1. The predicted molar refractivity (Wildman–Crippen MR) is 84.3 cm³/mol. The molecule has 0 aromatic rings. The summed E-state index contributed by atoms with van der Waals surface area (Å²) >= 11 is 0. The molecule has 0 atom stereocenters. The van der Waals surface area contributed by atoms with Gasteiger partial charge in [-0.25, -0.2) is 0 Å². The van der Waals surface area contributed by atoms with Crippen LogP contribution in [0.1, 0.15) is 78.6 Å². The van der Waals surface area contributed by atoms with Crippen molar-refractivity contribution in [2.24, 2.45) is 11.8 Å². The third-order valence-electron chi connectivity index (χ3n) is 4.34. The molecule has 0 aliphatic heterocycles. The summed E-state index contributed by atoms with van der Waals surface area (Å²) < 4.78 is 0. The maximum atomic E-state index is 9.42. The van der Waals surface area contributed by atoms with E-state index in [1.165, 1.54) is 38.5 Å². The van der Waals surface area contributed by atoms with Gasteiger partial charge in [-0.1, -0.05) is 65.0 Å². The van der Waals surface area contributed by atoms with E-state index >= 15 is 0 Å². The summed E-state index contributed by atoms with van der Waals surface area (Å²) in [6.07, 6.45) is 15.4. The van der Waals surface area contributed by atoms with Crippen LogP contribution in [-0.2, 0) is 0 Å². The first-order valence-electron chi connectivity index (χ1n) is 8.21. The summed E-state index contributed by atoms with van der Waals surface area (Å²) in [7, 11) is 0. The minimum absolute atomic E-state index is 0.612. The Labute approximate surface area is 119 Å². The van der Waals surface area contributed by atoms with E-state index < -0.39 is 0 Å². The quantitative estimate of drug-likeness (QED) is 0.646. The lowest BCUT2D eigenvalue weighted by Crippen LogP contribution is -2.08. The minimum Gasteiger partial charge on any atom is -0.512 e. The van der Waals surface area contributed by atoms with Crippen molar-refractivity contribution >= 4 is 0 Å². The van der Waals surface area contributed by atoms with Crippen molar-refractivity contribution in [2.75, 3.05) is 0 Å². The number of unbranched alkanes of at least 4 members (excludes halogenated alkanes) is 1. The van der Waals surface area contributed by atoms with E-state index in [9.17, 15) is 5.11 Å². The van der Waals surface area contributed by atoms with Crippen LogP contribution in [0.5, 0.6) is 0 Å². The maximum Gasteiger partial charge on any atom is 0.0957 e. The van der Waals surface area contributed by atoms with Gasteiger partial charge in [0.15, 0.2) is 0 Å². The van der Waals surface area contributed by atoms with Crippen LogP contribution in [0.2, 0.25) is 0 Å². The molecule has 0 aromatic heterocycles. The first kappa shape index (κ1) is 16.3.